The number of aromatic nitrogens is 1. The van der Waals surface area contributed by atoms with E-state index in [4.69, 9.17) is 0 Å². The van der Waals surface area contributed by atoms with Crippen molar-refractivity contribution in [2.75, 3.05) is 25.3 Å². The largest absolute Gasteiger partial charge is 0.363 e. The van der Waals surface area contributed by atoms with Crippen LogP contribution in [0.15, 0.2) is 17.2 Å². The Balaban J connectivity index is 3.27. The van der Waals surface area contributed by atoms with Gasteiger partial charge in [-0.1, -0.05) is 0 Å². The van der Waals surface area contributed by atoms with E-state index in [0.717, 1.165) is 11.4 Å². The molecule has 0 aliphatic carbocycles. The van der Waals surface area contributed by atoms with Gasteiger partial charge in [-0.25, -0.2) is 13.4 Å². The summed E-state index contributed by atoms with van der Waals surface area (Å²) in [5.41, 5.74) is 0.859. The molecule has 4 nitrogen and oxygen atoms in total. The van der Waals surface area contributed by atoms with Crippen molar-refractivity contribution >= 4 is 15.7 Å². The van der Waals surface area contributed by atoms with Crippen molar-refractivity contribution in [2.24, 2.45) is 0 Å². The lowest BCUT2D eigenvalue weighted by Gasteiger charge is -2.14. The van der Waals surface area contributed by atoms with Crippen LogP contribution < -0.4 is 4.90 Å². The molecular formula is C9H14N2O2S. The maximum absolute atomic E-state index is 11.2. The molecule has 0 aliphatic rings. The van der Waals surface area contributed by atoms with Crippen LogP contribution in [-0.4, -0.2) is 33.8 Å². The lowest BCUT2D eigenvalue weighted by atomic mass is 10.3. The zero-order chi connectivity index (χ0) is 10.9. The Morgan fingerprint density at radius 1 is 1.36 bits per heavy atom. The molecule has 0 N–H and O–H groups in total. The fourth-order valence-electron chi connectivity index (χ4n) is 1.21. The van der Waals surface area contributed by atoms with Crippen molar-refractivity contribution in [3.8, 4) is 0 Å². The summed E-state index contributed by atoms with van der Waals surface area (Å²) in [5, 5.41) is 0. The summed E-state index contributed by atoms with van der Waals surface area (Å²) in [6, 6.07) is 1.64. The number of nitrogens with zero attached hydrogens (tertiary/aromatic N) is 2. The van der Waals surface area contributed by atoms with Gasteiger partial charge in [-0.15, -0.1) is 0 Å². The second kappa shape index (κ2) is 3.57. The third-order valence-corrected chi connectivity index (χ3v) is 2.96. The summed E-state index contributed by atoms with van der Waals surface area (Å²) < 4.78 is 22.4. The molecular weight excluding hydrogens is 200 g/mol. The van der Waals surface area contributed by atoms with Gasteiger partial charge in [0.2, 0.25) is 0 Å². The standard InChI is InChI=1S/C9H14N2O2S/c1-7-5-8(14(4,12)13)6-10-9(7)11(2)3/h5-6H,1-4H3. The lowest BCUT2D eigenvalue weighted by molar-refractivity contribution is 0.601. The first-order chi connectivity index (χ1) is 6.32. The fraction of sp³-hybridized carbons (Fsp3) is 0.444. The number of hydrogen-bond donors (Lipinski definition) is 0. The Kier molecular flexibility index (Phi) is 2.80. The van der Waals surface area contributed by atoms with E-state index in [1.165, 1.54) is 12.5 Å². The quantitative estimate of drug-likeness (QED) is 0.732. The van der Waals surface area contributed by atoms with Gasteiger partial charge < -0.3 is 4.90 Å². The summed E-state index contributed by atoms with van der Waals surface area (Å²) in [4.78, 5) is 6.20. The van der Waals surface area contributed by atoms with Crippen LogP contribution in [0.4, 0.5) is 5.82 Å². The van der Waals surface area contributed by atoms with Gasteiger partial charge >= 0.3 is 0 Å². The van der Waals surface area contributed by atoms with Crippen molar-refractivity contribution in [2.45, 2.75) is 11.8 Å². The van der Waals surface area contributed by atoms with Crippen molar-refractivity contribution in [1.29, 1.82) is 0 Å². The maximum atomic E-state index is 11.2. The highest BCUT2D eigenvalue weighted by molar-refractivity contribution is 7.90. The Morgan fingerprint density at radius 2 is 1.93 bits per heavy atom. The molecule has 1 aromatic heterocycles. The molecule has 14 heavy (non-hydrogen) atoms. The summed E-state index contributed by atoms with van der Waals surface area (Å²) in [5.74, 6) is 0.789. The minimum Gasteiger partial charge on any atom is -0.363 e. The minimum atomic E-state index is -3.15. The molecule has 78 valence electrons. The Morgan fingerprint density at radius 3 is 2.29 bits per heavy atom. The van der Waals surface area contributed by atoms with E-state index in [0.29, 0.717) is 0 Å². The van der Waals surface area contributed by atoms with Crippen LogP contribution in [-0.2, 0) is 9.84 Å². The van der Waals surface area contributed by atoms with E-state index in [2.05, 4.69) is 4.98 Å². The molecule has 0 spiro atoms. The third kappa shape index (κ3) is 2.23. The molecule has 0 unspecified atom stereocenters. The van der Waals surface area contributed by atoms with Gasteiger partial charge in [0.05, 0.1) is 4.90 Å². The number of aryl methyl sites for hydroxylation is 1. The number of rotatable bonds is 2. The lowest BCUT2D eigenvalue weighted by Crippen LogP contribution is -2.13. The molecule has 0 atom stereocenters. The average Bonchev–Trinajstić information content (AvgIpc) is 2.01. The van der Waals surface area contributed by atoms with E-state index < -0.39 is 9.84 Å². The molecule has 0 bridgehead atoms. The molecule has 1 aromatic rings. The first-order valence-corrected chi connectivity index (χ1v) is 6.05. The summed E-state index contributed by atoms with van der Waals surface area (Å²) in [6.07, 6.45) is 2.57. The average molecular weight is 214 g/mol. The van der Waals surface area contributed by atoms with Gasteiger partial charge in [-0.05, 0) is 18.6 Å². The van der Waals surface area contributed by atoms with Crippen LogP contribution in [0.1, 0.15) is 5.56 Å². The number of hydrogen-bond acceptors (Lipinski definition) is 4. The van der Waals surface area contributed by atoms with Gasteiger partial charge in [0.25, 0.3) is 0 Å². The maximum Gasteiger partial charge on any atom is 0.177 e. The monoisotopic (exact) mass is 214 g/mol. The Bertz CT molecular complexity index is 438. The first kappa shape index (κ1) is 11.0. The molecule has 0 saturated heterocycles. The van der Waals surface area contributed by atoms with E-state index in [1.54, 1.807) is 6.07 Å². The Labute approximate surface area is 84.5 Å². The first-order valence-electron chi connectivity index (χ1n) is 4.16. The van der Waals surface area contributed by atoms with Crippen LogP contribution in [0, 0.1) is 6.92 Å². The smallest absolute Gasteiger partial charge is 0.177 e. The predicted molar refractivity (Wildman–Crippen MR) is 56.4 cm³/mol. The van der Waals surface area contributed by atoms with Crippen LogP contribution in [0.2, 0.25) is 0 Å². The SMILES string of the molecule is Cc1cc(S(C)(=O)=O)cnc1N(C)C. The van der Waals surface area contributed by atoms with Crippen LogP contribution in [0.5, 0.6) is 0 Å². The van der Waals surface area contributed by atoms with Gasteiger partial charge in [-0.2, -0.15) is 0 Å². The molecule has 0 amide bonds. The zero-order valence-electron chi connectivity index (χ0n) is 8.77. The highest BCUT2D eigenvalue weighted by Gasteiger charge is 2.10. The second-order valence-electron chi connectivity index (χ2n) is 3.48. The van der Waals surface area contributed by atoms with E-state index in [9.17, 15) is 8.42 Å². The van der Waals surface area contributed by atoms with E-state index in [-0.39, 0.29) is 4.90 Å². The molecule has 1 rings (SSSR count). The highest BCUT2D eigenvalue weighted by atomic mass is 32.2. The number of anilines is 1. The molecule has 1 heterocycles. The van der Waals surface area contributed by atoms with E-state index in [1.807, 2.05) is 25.9 Å². The second-order valence-corrected chi connectivity index (χ2v) is 5.49. The van der Waals surface area contributed by atoms with Gasteiger partial charge in [0.15, 0.2) is 9.84 Å². The van der Waals surface area contributed by atoms with Crippen molar-refractivity contribution in [3.63, 3.8) is 0 Å². The normalized spacial score (nSPS) is 11.4. The molecule has 5 heteroatoms. The zero-order valence-corrected chi connectivity index (χ0v) is 9.59. The van der Waals surface area contributed by atoms with Crippen molar-refractivity contribution in [1.82, 2.24) is 4.98 Å². The van der Waals surface area contributed by atoms with Crippen LogP contribution >= 0.6 is 0 Å². The highest BCUT2D eigenvalue weighted by Crippen LogP contribution is 2.17. The predicted octanol–water partition coefficient (Wildman–Crippen LogP) is 0.860. The van der Waals surface area contributed by atoms with Crippen molar-refractivity contribution < 1.29 is 8.42 Å². The number of sulfone groups is 1. The van der Waals surface area contributed by atoms with Gasteiger partial charge in [-0.3, -0.25) is 0 Å². The summed E-state index contributed by atoms with van der Waals surface area (Å²) in [6.45, 7) is 1.84. The van der Waals surface area contributed by atoms with Crippen LogP contribution in [0.3, 0.4) is 0 Å². The number of pyridine rings is 1. The van der Waals surface area contributed by atoms with Crippen molar-refractivity contribution in [3.05, 3.63) is 17.8 Å². The topological polar surface area (TPSA) is 50.3 Å². The summed E-state index contributed by atoms with van der Waals surface area (Å²) in [7, 11) is 0.592. The van der Waals surface area contributed by atoms with Crippen LogP contribution in [0.25, 0.3) is 0 Å². The minimum absolute atomic E-state index is 0.264. The van der Waals surface area contributed by atoms with Gasteiger partial charge in [0.1, 0.15) is 5.82 Å². The molecule has 0 radical (unpaired) electrons. The summed E-state index contributed by atoms with van der Waals surface area (Å²) >= 11 is 0. The molecule has 0 saturated carbocycles. The molecule has 0 aliphatic heterocycles. The van der Waals surface area contributed by atoms with Gasteiger partial charge in [0, 0.05) is 26.5 Å². The molecule has 0 fully saturated rings. The van der Waals surface area contributed by atoms with E-state index >= 15 is 0 Å². The molecule has 0 aromatic carbocycles. The third-order valence-electron chi connectivity index (χ3n) is 1.88. The Hall–Kier alpha value is -1.10. The fourth-order valence-corrected chi connectivity index (χ4v) is 1.85.